The highest BCUT2D eigenvalue weighted by atomic mass is 19.4. The Labute approximate surface area is 216 Å². The zero-order valence-electron chi connectivity index (χ0n) is 20.4. The van der Waals surface area contributed by atoms with E-state index in [0.717, 1.165) is 54.4 Å². The Morgan fingerprint density at radius 2 is 1.68 bits per heavy atom. The van der Waals surface area contributed by atoms with E-state index in [1.165, 1.54) is 12.1 Å². The molecule has 37 heavy (non-hydrogen) atoms. The van der Waals surface area contributed by atoms with Crippen LogP contribution in [0, 0.1) is 6.92 Å². The lowest BCUT2D eigenvalue weighted by Crippen LogP contribution is -2.10. The van der Waals surface area contributed by atoms with Gasteiger partial charge in [-0.1, -0.05) is 62.7 Å². The van der Waals surface area contributed by atoms with Gasteiger partial charge in [0.05, 0.1) is 17.0 Å². The fourth-order valence-electron chi connectivity index (χ4n) is 5.18. The van der Waals surface area contributed by atoms with Crippen molar-refractivity contribution < 1.29 is 13.2 Å². The summed E-state index contributed by atoms with van der Waals surface area (Å²) < 4.78 is 42.8. The molecule has 1 aliphatic rings. The number of rotatable bonds is 6. The van der Waals surface area contributed by atoms with Gasteiger partial charge in [-0.2, -0.15) is 13.2 Å². The van der Waals surface area contributed by atoms with Gasteiger partial charge in [0.1, 0.15) is 11.6 Å². The average molecular weight is 507 g/mol. The first-order chi connectivity index (χ1) is 17.3. The van der Waals surface area contributed by atoms with Gasteiger partial charge in [-0.15, -0.1) is 0 Å². The molecule has 2 aromatic carbocycles. The van der Waals surface area contributed by atoms with Crippen LogP contribution in [0.4, 0.5) is 19.0 Å². The summed E-state index contributed by atoms with van der Waals surface area (Å²) in [4.78, 5) is 9.34. The van der Waals surface area contributed by atoms with Gasteiger partial charge in [-0.05, 0) is 56.5 Å². The lowest BCUT2D eigenvalue weighted by atomic mass is 10.0. The SMILES string of the molecule is C.Cc1nc(-c2cccc(C(F)(F)F)c2)c(-c2ccnc(NC(C)c3ccccc3)c2)n1C1CCCC1. The van der Waals surface area contributed by atoms with Crippen LogP contribution in [-0.2, 0) is 6.18 Å². The van der Waals surface area contributed by atoms with Crippen LogP contribution in [0.1, 0.15) is 69.1 Å². The number of halogens is 3. The van der Waals surface area contributed by atoms with Crippen molar-refractivity contribution in [2.24, 2.45) is 0 Å². The Kier molecular flexibility index (Phi) is 7.71. The van der Waals surface area contributed by atoms with Crippen molar-refractivity contribution in [3.63, 3.8) is 0 Å². The molecule has 2 aromatic heterocycles. The summed E-state index contributed by atoms with van der Waals surface area (Å²) in [5, 5.41) is 3.46. The Bertz CT molecular complexity index is 1340. The van der Waals surface area contributed by atoms with Gasteiger partial charge in [0.15, 0.2) is 0 Å². The highest BCUT2D eigenvalue weighted by Crippen LogP contribution is 2.41. The summed E-state index contributed by atoms with van der Waals surface area (Å²) in [6.07, 6.45) is 1.67. The van der Waals surface area contributed by atoms with Crippen LogP contribution in [0.25, 0.3) is 22.5 Å². The van der Waals surface area contributed by atoms with Crippen molar-refractivity contribution in [1.29, 1.82) is 0 Å². The molecule has 1 fully saturated rings. The second-order valence-corrected chi connectivity index (χ2v) is 9.45. The third-order valence-electron chi connectivity index (χ3n) is 6.94. The van der Waals surface area contributed by atoms with E-state index in [1.54, 1.807) is 12.3 Å². The molecule has 1 atom stereocenters. The molecule has 4 nitrogen and oxygen atoms in total. The van der Waals surface area contributed by atoms with Crippen molar-refractivity contribution in [1.82, 2.24) is 14.5 Å². The number of imidazole rings is 1. The highest BCUT2D eigenvalue weighted by molar-refractivity contribution is 5.80. The fraction of sp³-hybridized carbons (Fsp3) is 0.333. The first kappa shape index (κ1) is 26.5. The molecule has 0 radical (unpaired) electrons. The van der Waals surface area contributed by atoms with Crippen molar-refractivity contribution in [3.05, 3.63) is 89.9 Å². The van der Waals surface area contributed by atoms with E-state index in [-0.39, 0.29) is 19.5 Å². The molecule has 0 amide bonds. The number of aromatic nitrogens is 3. The number of anilines is 1. The van der Waals surface area contributed by atoms with Crippen LogP contribution < -0.4 is 5.32 Å². The van der Waals surface area contributed by atoms with E-state index in [1.807, 2.05) is 37.3 Å². The van der Waals surface area contributed by atoms with Crippen molar-refractivity contribution in [2.75, 3.05) is 5.32 Å². The molecule has 0 bridgehead atoms. The lowest BCUT2D eigenvalue weighted by Gasteiger charge is -2.20. The zero-order chi connectivity index (χ0) is 25.3. The Morgan fingerprint density at radius 1 is 0.946 bits per heavy atom. The maximum absolute atomic E-state index is 13.5. The summed E-state index contributed by atoms with van der Waals surface area (Å²) >= 11 is 0. The van der Waals surface area contributed by atoms with Crippen LogP contribution >= 0.6 is 0 Å². The van der Waals surface area contributed by atoms with Crippen LogP contribution in [0.5, 0.6) is 0 Å². The molecule has 4 aromatic rings. The Morgan fingerprint density at radius 3 is 2.38 bits per heavy atom. The van der Waals surface area contributed by atoms with Crippen LogP contribution in [0.3, 0.4) is 0 Å². The minimum absolute atomic E-state index is 0. The number of alkyl halides is 3. The van der Waals surface area contributed by atoms with E-state index in [9.17, 15) is 13.2 Å². The minimum atomic E-state index is -4.42. The molecule has 0 saturated heterocycles. The molecule has 7 heteroatoms. The molecule has 0 aliphatic heterocycles. The first-order valence-electron chi connectivity index (χ1n) is 12.4. The molecule has 5 rings (SSSR count). The molecule has 1 unspecified atom stereocenters. The molecular formula is C30H33F3N4. The second-order valence-electron chi connectivity index (χ2n) is 9.45. The quantitative estimate of drug-likeness (QED) is 0.284. The second kappa shape index (κ2) is 10.8. The number of nitrogens with zero attached hydrogens (tertiary/aromatic N) is 3. The number of pyridine rings is 1. The highest BCUT2D eigenvalue weighted by Gasteiger charge is 2.32. The van der Waals surface area contributed by atoms with Crippen molar-refractivity contribution in [3.8, 4) is 22.5 Å². The molecule has 194 valence electrons. The number of hydrogen-bond donors (Lipinski definition) is 1. The van der Waals surface area contributed by atoms with Gasteiger partial charge in [-0.25, -0.2) is 9.97 Å². The predicted molar refractivity (Wildman–Crippen MR) is 143 cm³/mol. The maximum Gasteiger partial charge on any atom is 0.416 e. The van der Waals surface area contributed by atoms with E-state index in [4.69, 9.17) is 4.98 Å². The Balaban J connectivity index is 0.00000320. The fourth-order valence-corrected chi connectivity index (χ4v) is 5.18. The van der Waals surface area contributed by atoms with Crippen molar-refractivity contribution in [2.45, 2.75) is 65.2 Å². The summed E-state index contributed by atoms with van der Waals surface area (Å²) in [5.41, 5.74) is 3.22. The summed E-state index contributed by atoms with van der Waals surface area (Å²) in [5.74, 6) is 1.52. The van der Waals surface area contributed by atoms with Gasteiger partial charge >= 0.3 is 6.18 Å². The Hall–Kier alpha value is -3.61. The lowest BCUT2D eigenvalue weighted by molar-refractivity contribution is -0.137. The van der Waals surface area contributed by atoms with Crippen molar-refractivity contribution >= 4 is 5.82 Å². The molecular weight excluding hydrogens is 473 g/mol. The molecule has 1 N–H and O–H groups in total. The predicted octanol–water partition coefficient (Wildman–Crippen LogP) is 8.86. The summed E-state index contributed by atoms with van der Waals surface area (Å²) in [7, 11) is 0. The third-order valence-corrected chi connectivity index (χ3v) is 6.94. The molecule has 2 heterocycles. The van der Waals surface area contributed by atoms with Crippen LogP contribution in [0.2, 0.25) is 0 Å². The standard InChI is InChI=1S/C29H29F3N4.CH4/c1-19(21-9-4-3-5-10-21)34-26-18-23(15-16-33-26)28-27(22-11-8-12-24(17-22)29(30,31)32)35-20(2)36(28)25-13-6-7-14-25;/h3-5,8-12,15-19,25H,6-7,13-14H2,1-2H3,(H,33,34);1H4. The zero-order valence-corrected chi connectivity index (χ0v) is 20.4. The largest absolute Gasteiger partial charge is 0.416 e. The minimum Gasteiger partial charge on any atom is -0.364 e. The topological polar surface area (TPSA) is 42.7 Å². The molecule has 1 aliphatic carbocycles. The van der Waals surface area contributed by atoms with E-state index in [0.29, 0.717) is 17.1 Å². The molecule has 1 saturated carbocycles. The van der Waals surface area contributed by atoms with E-state index < -0.39 is 11.7 Å². The van der Waals surface area contributed by atoms with Gasteiger partial charge in [0.2, 0.25) is 0 Å². The summed E-state index contributed by atoms with van der Waals surface area (Å²) in [6.45, 7) is 4.02. The number of hydrogen-bond acceptors (Lipinski definition) is 3. The third kappa shape index (κ3) is 5.55. The number of nitrogens with one attached hydrogen (secondary N) is 1. The van der Waals surface area contributed by atoms with Gasteiger partial charge in [0.25, 0.3) is 0 Å². The van der Waals surface area contributed by atoms with Gasteiger partial charge in [-0.3, -0.25) is 0 Å². The average Bonchev–Trinajstić information content (AvgIpc) is 3.52. The number of benzene rings is 2. The number of aryl methyl sites for hydroxylation is 1. The molecule has 0 spiro atoms. The van der Waals surface area contributed by atoms with Gasteiger partial charge in [0, 0.05) is 29.4 Å². The van der Waals surface area contributed by atoms with E-state index in [2.05, 4.69) is 33.9 Å². The normalized spacial score (nSPS) is 14.8. The van der Waals surface area contributed by atoms with Crippen LogP contribution in [0.15, 0.2) is 72.9 Å². The monoisotopic (exact) mass is 506 g/mol. The summed E-state index contributed by atoms with van der Waals surface area (Å²) in [6, 6.07) is 19.8. The maximum atomic E-state index is 13.5. The smallest absolute Gasteiger partial charge is 0.364 e. The first-order valence-corrected chi connectivity index (χ1v) is 12.4. The van der Waals surface area contributed by atoms with Crippen LogP contribution in [-0.4, -0.2) is 14.5 Å². The van der Waals surface area contributed by atoms with E-state index >= 15 is 0 Å². The van der Waals surface area contributed by atoms with Gasteiger partial charge < -0.3 is 9.88 Å².